The summed E-state index contributed by atoms with van der Waals surface area (Å²) in [7, 11) is 1.25. The lowest BCUT2D eigenvalue weighted by Crippen LogP contribution is -2.37. The molecule has 0 aliphatic rings. The third-order valence-corrected chi connectivity index (χ3v) is 10.4. The molecule has 59 heavy (non-hydrogen) atoms. The number of likely N-dealkylation sites (N-methyl/N-ethyl adjacent to an activating group) is 1. The number of unbranched alkanes of at least 4 members (excludes halogenated alkanes) is 13. The van der Waals surface area contributed by atoms with E-state index in [9.17, 15) is 34.4 Å². The van der Waals surface area contributed by atoms with Gasteiger partial charge in [0.1, 0.15) is 19.8 Å². The molecular weight excluding hydrogens is 773 g/mol. The fourth-order valence-electron chi connectivity index (χ4n) is 5.69. The van der Waals surface area contributed by atoms with Gasteiger partial charge < -0.3 is 34.2 Å². The van der Waals surface area contributed by atoms with Crippen LogP contribution < -0.4 is 0 Å². The van der Waals surface area contributed by atoms with Crippen LogP contribution in [-0.2, 0) is 32.7 Å². The van der Waals surface area contributed by atoms with Crippen LogP contribution >= 0.6 is 7.82 Å². The molecule has 0 spiro atoms. The zero-order valence-corrected chi connectivity index (χ0v) is 38.2. The molecule has 0 aromatic carbocycles. The van der Waals surface area contributed by atoms with Crippen LogP contribution in [0.15, 0.2) is 60.8 Å². The Bertz CT molecular complexity index is 1240. The molecule has 1 unspecified atom stereocenters. The Kier molecular flexibility index (Phi) is 35.8. The number of allylic oxidation sites excluding steroid dienone is 8. The number of carbonyl (C=O) groups is 2. The predicted molar refractivity (Wildman–Crippen MR) is 237 cm³/mol. The maximum Gasteiger partial charge on any atom is 0.472 e. The predicted octanol–water partition coefficient (Wildman–Crippen LogP) is 9.38. The second-order valence-corrected chi connectivity index (χ2v) is 17.7. The minimum atomic E-state index is -4.48. The molecule has 0 bridgehead atoms. The number of hydrogen-bond donors (Lipinski definition) is 4. The maximum atomic E-state index is 12.7. The molecule has 342 valence electrons. The number of esters is 2. The summed E-state index contributed by atoms with van der Waals surface area (Å²) in [6.45, 7) is 3.88. The molecule has 12 nitrogen and oxygen atoms in total. The highest BCUT2D eigenvalue weighted by atomic mass is 31.2. The molecule has 0 saturated carbocycles. The number of nitrogens with zero attached hydrogens (tertiary/aromatic N) is 1. The number of rotatable bonds is 39. The van der Waals surface area contributed by atoms with Gasteiger partial charge in [0.15, 0.2) is 6.10 Å². The average Bonchev–Trinajstić information content (AvgIpc) is 3.17. The summed E-state index contributed by atoms with van der Waals surface area (Å²) in [6.07, 6.45) is 33.5. The van der Waals surface area contributed by atoms with Crippen LogP contribution in [0.1, 0.15) is 149 Å². The van der Waals surface area contributed by atoms with Gasteiger partial charge in [0.2, 0.25) is 0 Å². The summed E-state index contributed by atoms with van der Waals surface area (Å²) < 4.78 is 34.0. The topological polar surface area (TPSA) is 169 Å². The lowest BCUT2D eigenvalue weighted by Gasteiger charge is -2.24. The molecule has 5 atom stereocenters. The van der Waals surface area contributed by atoms with Crippen molar-refractivity contribution in [1.29, 1.82) is 0 Å². The molecular formula is C46H83NO11P+. The van der Waals surface area contributed by atoms with E-state index < -0.39 is 50.8 Å². The number of ether oxygens (including phenoxy) is 2. The first kappa shape index (κ1) is 56.6. The van der Waals surface area contributed by atoms with Crippen molar-refractivity contribution in [3.05, 3.63) is 60.8 Å². The Morgan fingerprint density at radius 1 is 0.627 bits per heavy atom. The second-order valence-electron chi connectivity index (χ2n) is 16.3. The zero-order valence-electron chi connectivity index (χ0n) is 37.3. The molecule has 0 rings (SSSR count). The van der Waals surface area contributed by atoms with E-state index in [4.69, 9.17) is 18.5 Å². The Labute approximate surface area is 357 Å². The number of aliphatic hydroxyl groups is 3. The largest absolute Gasteiger partial charge is 0.472 e. The molecule has 13 heteroatoms. The van der Waals surface area contributed by atoms with E-state index in [-0.39, 0.29) is 38.9 Å². The van der Waals surface area contributed by atoms with Gasteiger partial charge in [-0.25, -0.2) is 4.57 Å². The molecule has 0 aromatic heterocycles. The SMILES string of the molecule is CCCCCCCC/C=C\CCCCCCCC(=O)OC[C@H](COP(=O)(O)OCC[N+](C)(C)C)OC(=O)CCC[C@H](O)[C@@H](O)/C=C/C=C/C=C\C=C\[C@@H](O)CCCCC. The van der Waals surface area contributed by atoms with Crippen molar-refractivity contribution in [2.75, 3.05) is 47.5 Å². The van der Waals surface area contributed by atoms with Gasteiger partial charge in [0.05, 0.1) is 46.1 Å². The molecule has 0 aliphatic heterocycles. The van der Waals surface area contributed by atoms with Gasteiger partial charge in [-0.2, -0.15) is 0 Å². The molecule has 0 fully saturated rings. The monoisotopic (exact) mass is 857 g/mol. The Balaban J connectivity index is 4.72. The van der Waals surface area contributed by atoms with E-state index in [2.05, 4.69) is 26.0 Å². The molecule has 0 amide bonds. The molecule has 0 saturated heterocycles. The van der Waals surface area contributed by atoms with Gasteiger partial charge >= 0.3 is 19.8 Å². The third kappa shape index (κ3) is 39.5. The van der Waals surface area contributed by atoms with Crippen LogP contribution in [0.2, 0.25) is 0 Å². The summed E-state index contributed by atoms with van der Waals surface area (Å²) in [6, 6.07) is 0. The summed E-state index contributed by atoms with van der Waals surface area (Å²) in [5, 5.41) is 30.6. The first-order valence-corrected chi connectivity index (χ1v) is 23.8. The van der Waals surface area contributed by atoms with Gasteiger partial charge in [-0.3, -0.25) is 18.6 Å². The smallest absolute Gasteiger partial charge is 0.462 e. The minimum Gasteiger partial charge on any atom is -0.462 e. The highest BCUT2D eigenvalue weighted by molar-refractivity contribution is 7.47. The van der Waals surface area contributed by atoms with Crippen molar-refractivity contribution in [3.63, 3.8) is 0 Å². The van der Waals surface area contributed by atoms with Gasteiger partial charge in [-0.15, -0.1) is 0 Å². The molecule has 0 radical (unpaired) electrons. The first-order valence-electron chi connectivity index (χ1n) is 22.3. The number of aliphatic hydroxyl groups excluding tert-OH is 3. The van der Waals surface area contributed by atoms with E-state index in [1.165, 1.54) is 44.6 Å². The van der Waals surface area contributed by atoms with Crippen LogP contribution in [0.25, 0.3) is 0 Å². The van der Waals surface area contributed by atoms with Crippen LogP contribution in [0, 0.1) is 0 Å². The quantitative estimate of drug-likeness (QED) is 0.0116. The maximum absolute atomic E-state index is 12.7. The molecule has 0 heterocycles. The van der Waals surface area contributed by atoms with E-state index in [0.717, 1.165) is 64.2 Å². The van der Waals surface area contributed by atoms with E-state index in [1.54, 1.807) is 42.5 Å². The van der Waals surface area contributed by atoms with Crippen molar-refractivity contribution in [2.45, 2.75) is 173 Å². The van der Waals surface area contributed by atoms with E-state index in [0.29, 0.717) is 17.4 Å². The van der Waals surface area contributed by atoms with Crippen LogP contribution in [0.4, 0.5) is 0 Å². The van der Waals surface area contributed by atoms with Crippen molar-refractivity contribution < 1.29 is 57.4 Å². The number of quaternary nitrogens is 1. The van der Waals surface area contributed by atoms with Crippen molar-refractivity contribution in [3.8, 4) is 0 Å². The molecule has 0 aromatic rings. The van der Waals surface area contributed by atoms with Gasteiger partial charge in [0.25, 0.3) is 0 Å². The van der Waals surface area contributed by atoms with Crippen molar-refractivity contribution in [1.82, 2.24) is 0 Å². The number of phosphoric acid groups is 1. The summed E-state index contributed by atoms with van der Waals surface area (Å²) in [5.74, 6) is -1.14. The number of phosphoric ester groups is 1. The highest BCUT2D eigenvalue weighted by Crippen LogP contribution is 2.43. The highest BCUT2D eigenvalue weighted by Gasteiger charge is 2.27. The molecule has 4 N–H and O–H groups in total. The van der Waals surface area contributed by atoms with Gasteiger partial charge in [-0.05, 0) is 51.4 Å². The lowest BCUT2D eigenvalue weighted by molar-refractivity contribution is -0.870. The van der Waals surface area contributed by atoms with Crippen LogP contribution in [-0.4, -0.2) is 109 Å². The van der Waals surface area contributed by atoms with Crippen LogP contribution in [0.5, 0.6) is 0 Å². The van der Waals surface area contributed by atoms with E-state index in [1.807, 2.05) is 21.1 Å². The average molecular weight is 857 g/mol. The summed E-state index contributed by atoms with van der Waals surface area (Å²) >= 11 is 0. The van der Waals surface area contributed by atoms with Gasteiger partial charge in [-0.1, -0.05) is 145 Å². The fraction of sp³-hybridized carbons (Fsp3) is 0.739. The lowest BCUT2D eigenvalue weighted by atomic mass is 10.1. The first-order chi connectivity index (χ1) is 28.2. The van der Waals surface area contributed by atoms with Crippen LogP contribution in [0.3, 0.4) is 0 Å². The Morgan fingerprint density at radius 2 is 1.17 bits per heavy atom. The Morgan fingerprint density at radius 3 is 1.80 bits per heavy atom. The van der Waals surface area contributed by atoms with Gasteiger partial charge in [0, 0.05) is 12.8 Å². The number of hydrogen-bond acceptors (Lipinski definition) is 10. The number of carbonyl (C=O) groups excluding carboxylic acids is 2. The summed E-state index contributed by atoms with van der Waals surface area (Å²) in [5.41, 5.74) is 0. The standard InChI is InChI=1S/C46H82NO11P/c1-6-8-10-11-12-13-14-15-16-17-18-19-20-25-29-35-45(51)55-39-42(40-57-59(53,54)56-38-37-47(3,4)5)58-46(52)36-30-34-44(50)43(49)33-28-24-22-21-23-27-32-41(48)31-26-9-7-2/h15-16,21-24,27-28,32-33,41-44,48-50H,6-14,17-20,25-26,29-31,34-40H2,1-5H3/p+1/b16-15-,23-21-,24-22+,32-27+,33-28+/t41-,42+,43-,44-/m0/s1. The summed E-state index contributed by atoms with van der Waals surface area (Å²) in [4.78, 5) is 35.4. The normalized spacial score (nSPS) is 15.7. The Hall–Kier alpha value is -2.41. The van der Waals surface area contributed by atoms with Crippen molar-refractivity contribution in [2.24, 2.45) is 0 Å². The fourth-order valence-corrected chi connectivity index (χ4v) is 6.43. The van der Waals surface area contributed by atoms with Crippen molar-refractivity contribution >= 4 is 19.8 Å². The minimum absolute atomic E-state index is 0.0357. The third-order valence-electron chi connectivity index (χ3n) is 9.39. The second kappa shape index (κ2) is 37.4. The van der Waals surface area contributed by atoms with E-state index >= 15 is 0 Å². The zero-order chi connectivity index (χ0) is 44.0. The molecule has 0 aliphatic carbocycles.